The molecule has 2 aromatic carbocycles. The van der Waals surface area contributed by atoms with Crippen LogP contribution in [0.4, 0.5) is 4.39 Å². The molecule has 0 saturated heterocycles. The van der Waals surface area contributed by atoms with Crippen molar-refractivity contribution < 1.29 is 23.5 Å². The Hall–Kier alpha value is -2.47. The molecule has 0 aliphatic carbocycles. The van der Waals surface area contributed by atoms with Crippen LogP contribution in [0.25, 0.3) is 6.08 Å². The van der Waals surface area contributed by atoms with Crippen LogP contribution in [-0.4, -0.2) is 25.0 Å². The Morgan fingerprint density at radius 2 is 1.84 bits per heavy atom. The first-order valence-electron chi connectivity index (χ1n) is 7.42. The monoisotopic (exact) mass is 406 g/mol. The Kier molecular flexibility index (Phi) is 6.47. The van der Waals surface area contributed by atoms with E-state index in [-0.39, 0.29) is 11.5 Å². The molecule has 130 valence electrons. The van der Waals surface area contributed by atoms with Crippen molar-refractivity contribution in [3.8, 4) is 5.75 Å². The fourth-order valence-corrected chi connectivity index (χ4v) is 2.33. The number of hydrogen-bond donors (Lipinski definition) is 0. The molecule has 0 radical (unpaired) electrons. The Morgan fingerprint density at radius 1 is 1.16 bits per heavy atom. The van der Waals surface area contributed by atoms with E-state index in [9.17, 15) is 14.0 Å². The van der Waals surface area contributed by atoms with Crippen molar-refractivity contribution in [3.05, 3.63) is 70.0 Å². The van der Waals surface area contributed by atoms with Crippen molar-refractivity contribution in [2.24, 2.45) is 0 Å². The second kappa shape index (κ2) is 8.58. The number of hydrogen-bond acceptors (Lipinski definition) is 4. The van der Waals surface area contributed by atoms with Crippen molar-refractivity contribution in [1.29, 1.82) is 0 Å². The molecule has 0 aromatic heterocycles. The molecule has 2 aromatic rings. The Labute approximate surface area is 153 Å². The van der Waals surface area contributed by atoms with Gasteiger partial charge in [0.1, 0.15) is 0 Å². The number of esters is 1. The van der Waals surface area contributed by atoms with Crippen LogP contribution < -0.4 is 4.74 Å². The van der Waals surface area contributed by atoms with Crippen LogP contribution in [0.5, 0.6) is 5.75 Å². The Bertz CT molecular complexity index is 800. The van der Waals surface area contributed by atoms with Crippen molar-refractivity contribution >= 4 is 33.8 Å². The number of ether oxygens (including phenoxy) is 2. The van der Waals surface area contributed by atoms with Crippen LogP contribution in [0.1, 0.15) is 22.8 Å². The van der Waals surface area contributed by atoms with Crippen LogP contribution in [0.15, 0.2) is 53.0 Å². The van der Waals surface area contributed by atoms with Gasteiger partial charge < -0.3 is 9.47 Å². The number of rotatable bonds is 6. The third kappa shape index (κ3) is 5.26. The molecule has 0 aliphatic heterocycles. The van der Waals surface area contributed by atoms with Gasteiger partial charge in [0.05, 0.1) is 7.11 Å². The van der Waals surface area contributed by atoms with Crippen molar-refractivity contribution in [2.75, 3.05) is 7.11 Å². The van der Waals surface area contributed by atoms with E-state index < -0.39 is 17.9 Å². The first kappa shape index (κ1) is 18.9. The summed E-state index contributed by atoms with van der Waals surface area (Å²) >= 11 is 3.29. The molecule has 0 fully saturated rings. The summed E-state index contributed by atoms with van der Waals surface area (Å²) in [7, 11) is 1.37. The van der Waals surface area contributed by atoms with Gasteiger partial charge in [0.25, 0.3) is 0 Å². The SMILES string of the molecule is COc1ccc(/C=C/C(=O)O[C@H](C)C(=O)c2ccc(Br)cc2)cc1F. The molecule has 0 saturated carbocycles. The minimum absolute atomic E-state index is 0.119. The van der Waals surface area contributed by atoms with E-state index in [1.165, 1.54) is 32.2 Å². The van der Waals surface area contributed by atoms with Crippen LogP contribution in [0.3, 0.4) is 0 Å². The molecule has 0 N–H and O–H groups in total. The average molecular weight is 407 g/mol. The molecule has 0 aliphatic rings. The summed E-state index contributed by atoms with van der Waals surface area (Å²) in [5, 5.41) is 0. The molecule has 4 nitrogen and oxygen atoms in total. The second-order valence-corrected chi connectivity index (χ2v) is 6.09. The van der Waals surface area contributed by atoms with Gasteiger partial charge in [0, 0.05) is 16.1 Å². The van der Waals surface area contributed by atoms with Crippen molar-refractivity contribution in [2.45, 2.75) is 13.0 Å². The lowest BCUT2D eigenvalue weighted by Crippen LogP contribution is -2.23. The zero-order valence-electron chi connectivity index (χ0n) is 13.7. The first-order valence-corrected chi connectivity index (χ1v) is 8.22. The molecule has 0 heterocycles. The number of benzene rings is 2. The zero-order chi connectivity index (χ0) is 18.4. The molecule has 2 rings (SSSR count). The fourth-order valence-electron chi connectivity index (χ4n) is 2.07. The summed E-state index contributed by atoms with van der Waals surface area (Å²) in [6, 6.07) is 11.1. The number of ketones is 1. The number of carbonyl (C=O) groups is 2. The predicted octanol–water partition coefficient (Wildman–Crippen LogP) is 4.42. The molecular weight excluding hydrogens is 391 g/mol. The van der Waals surface area contributed by atoms with E-state index in [4.69, 9.17) is 9.47 Å². The summed E-state index contributed by atoms with van der Waals surface area (Å²) in [6.45, 7) is 1.50. The van der Waals surface area contributed by atoms with E-state index in [1.807, 2.05) is 0 Å². The van der Waals surface area contributed by atoms with E-state index in [0.29, 0.717) is 11.1 Å². The maximum atomic E-state index is 13.6. The highest BCUT2D eigenvalue weighted by molar-refractivity contribution is 9.10. The van der Waals surface area contributed by atoms with E-state index in [0.717, 1.165) is 10.5 Å². The van der Waals surface area contributed by atoms with Gasteiger partial charge in [0.2, 0.25) is 5.78 Å². The Balaban J connectivity index is 1.98. The summed E-state index contributed by atoms with van der Waals surface area (Å²) in [5.74, 6) is -1.40. The van der Waals surface area contributed by atoms with Crippen molar-refractivity contribution in [1.82, 2.24) is 0 Å². The maximum absolute atomic E-state index is 13.6. The molecule has 6 heteroatoms. The topological polar surface area (TPSA) is 52.6 Å². The molecule has 0 spiro atoms. The minimum Gasteiger partial charge on any atom is -0.494 e. The largest absolute Gasteiger partial charge is 0.494 e. The van der Waals surface area contributed by atoms with Gasteiger partial charge >= 0.3 is 5.97 Å². The summed E-state index contributed by atoms with van der Waals surface area (Å²) in [5.41, 5.74) is 0.923. The van der Waals surface area contributed by atoms with E-state index >= 15 is 0 Å². The lowest BCUT2D eigenvalue weighted by atomic mass is 10.1. The van der Waals surface area contributed by atoms with Gasteiger partial charge in [0.15, 0.2) is 17.7 Å². The molecule has 25 heavy (non-hydrogen) atoms. The molecule has 0 amide bonds. The zero-order valence-corrected chi connectivity index (χ0v) is 15.2. The molecule has 0 bridgehead atoms. The normalized spacial score (nSPS) is 12.0. The van der Waals surface area contributed by atoms with Gasteiger partial charge in [-0.15, -0.1) is 0 Å². The summed E-state index contributed by atoms with van der Waals surface area (Å²) < 4.78 is 24.3. The quantitative estimate of drug-likeness (QED) is 0.404. The highest BCUT2D eigenvalue weighted by Gasteiger charge is 2.18. The lowest BCUT2D eigenvalue weighted by Gasteiger charge is -2.10. The highest BCUT2D eigenvalue weighted by Crippen LogP contribution is 2.18. The van der Waals surface area contributed by atoms with Crippen LogP contribution in [-0.2, 0) is 9.53 Å². The number of methoxy groups -OCH3 is 1. The van der Waals surface area contributed by atoms with Crippen LogP contribution in [0, 0.1) is 5.82 Å². The van der Waals surface area contributed by atoms with Crippen LogP contribution >= 0.6 is 15.9 Å². The number of Topliss-reactive ketones (excluding diaryl/α,β-unsaturated/α-hetero) is 1. The molecular formula is C19H16BrFO4. The lowest BCUT2D eigenvalue weighted by molar-refractivity contribution is -0.140. The van der Waals surface area contributed by atoms with E-state index in [2.05, 4.69) is 15.9 Å². The van der Waals surface area contributed by atoms with E-state index in [1.54, 1.807) is 30.3 Å². The minimum atomic E-state index is -0.925. The summed E-state index contributed by atoms with van der Waals surface area (Å²) in [4.78, 5) is 24.0. The highest BCUT2D eigenvalue weighted by atomic mass is 79.9. The average Bonchev–Trinajstić information content (AvgIpc) is 2.60. The molecule has 0 unspecified atom stereocenters. The van der Waals surface area contributed by atoms with Gasteiger partial charge in [-0.25, -0.2) is 9.18 Å². The number of carbonyl (C=O) groups excluding carboxylic acids is 2. The number of halogens is 2. The van der Waals surface area contributed by atoms with Gasteiger partial charge in [-0.2, -0.15) is 0 Å². The van der Waals surface area contributed by atoms with Gasteiger partial charge in [-0.05, 0) is 42.8 Å². The third-order valence-electron chi connectivity index (χ3n) is 3.38. The van der Waals surface area contributed by atoms with Gasteiger partial charge in [-0.1, -0.05) is 34.1 Å². The smallest absolute Gasteiger partial charge is 0.331 e. The molecule has 1 atom stereocenters. The van der Waals surface area contributed by atoms with Gasteiger partial charge in [-0.3, -0.25) is 4.79 Å². The fraction of sp³-hybridized carbons (Fsp3) is 0.158. The standard InChI is InChI=1S/C19H16BrFO4/c1-12(19(23)14-5-7-15(20)8-6-14)25-18(22)10-4-13-3-9-17(24-2)16(21)11-13/h3-12H,1-2H3/b10-4+/t12-/m1/s1. The Morgan fingerprint density at radius 3 is 2.44 bits per heavy atom. The third-order valence-corrected chi connectivity index (χ3v) is 3.91. The van der Waals surface area contributed by atoms with Crippen LogP contribution in [0.2, 0.25) is 0 Å². The first-order chi connectivity index (χ1) is 11.9. The predicted molar refractivity (Wildman–Crippen MR) is 96.0 cm³/mol. The maximum Gasteiger partial charge on any atom is 0.331 e. The van der Waals surface area contributed by atoms with Crippen molar-refractivity contribution in [3.63, 3.8) is 0 Å². The second-order valence-electron chi connectivity index (χ2n) is 5.18. The summed E-state index contributed by atoms with van der Waals surface area (Å²) in [6.07, 6.45) is 1.62.